The zero-order valence-corrected chi connectivity index (χ0v) is 22.4. The molecular weight excluding hydrogens is 487 g/mol. The Morgan fingerprint density at radius 2 is 1.92 bits per heavy atom. The van der Waals surface area contributed by atoms with E-state index < -0.39 is 5.91 Å². The molecule has 2 heterocycles. The monoisotopic (exact) mass is 520 g/mol. The first kappa shape index (κ1) is 25.1. The fourth-order valence-electron chi connectivity index (χ4n) is 6.23. The maximum atomic E-state index is 13.8. The van der Waals surface area contributed by atoms with Gasteiger partial charge in [0.05, 0.1) is 16.6 Å². The molecule has 0 atom stereocenters. The highest BCUT2D eigenvalue weighted by Crippen LogP contribution is 2.34. The van der Waals surface area contributed by atoms with Crippen molar-refractivity contribution in [3.8, 4) is 17.1 Å². The molecule has 1 saturated carbocycles. The molecule has 1 aliphatic carbocycles. The largest absolute Gasteiger partial charge is 0.366 e. The molecule has 6 heteroatoms. The lowest BCUT2D eigenvalue weighted by Gasteiger charge is -2.21. The number of nitrogens with zero attached hydrogens (tertiary/aromatic N) is 2. The third kappa shape index (κ3) is 4.87. The van der Waals surface area contributed by atoms with Crippen molar-refractivity contribution in [3.05, 3.63) is 88.9 Å². The van der Waals surface area contributed by atoms with E-state index in [1.165, 1.54) is 49.8 Å². The van der Waals surface area contributed by atoms with Gasteiger partial charge in [-0.2, -0.15) is 0 Å². The molecule has 6 rings (SSSR count). The number of aromatic nitrogens is 3. The number of benzene rings is 3. The van der Waals surface area contributed by atoms with Crippen molar-refractivity contribution in [2.75, 3.05) is 0 Å². The molecular formula is C33H33FN4O. The number of nitrogens with one attached hydrogen (secondary N) is 1. The topological polar surface area (TPSA) is 76.7 Å². The summed E-state index contributed by atoms with van der Waals surface area (Å²) in [7, 11) is 0. The van der Waals surface area contributed by atoms with Crippen LogP contribution in [0.2, 0.25) is 0 Å². The number of carbonyl (C=O) groups excluding carboxylic acids is 1. The fraction of sp³-hybridized carbons (Fsp3) is 0.273. The van der Waals surface area contributed by atoms with Gasteiger partial charge < -0.3 is 15.3 Å². The van der Waals surface area contributed by atoms with Crippen LogP contribution in [0.4, 0.5) is 4.39 Å². The number of fused-ring (bicyclic) bond motifs is 2. The molecule has 198 valence electrons. The number of hydrogen-bond acceptors (Lipinski definition) is 2. The quantitative estimate of drug-likeness (QED) is 0.237. The minimum Gasteiger partial charge on any atom is -0.366 e. The Labute approximate surface area is 227 Å². The molecule has 0 radical (unpaired) electrons. The van der Waals surface area contributed by atoms with E-state index in [1.807, 2.05) is 24.3 Å². The number of hydrogen-bond donors (Lipinski definition) is 2. The molecule has 1 amide bonds. The summed E-state index contributed by atoms with van der Waals surface area (Å²) in [5.74, 6) is 0.704. The summed E-state index contributed by atoms with van der Waals surface area (Å²) in [4.78, 5) is 20.3. The van der Waals surface area contributed by atoms with Gasteiger partial charge in [0.1, 0.15) is 11.6 Å². The van der Waals surface area contributed by atoms with Crippen LogP contribution in [0.25, 0.3) is 45.1 Å². The van der Waals surface area contributed by atoms with Crippen LogP contribution in [-0.4, -0.2) is 20.4 Å². The highest BCUT2D eigenvalue weighted by Gasteiger charge is 2.17. The van der Waals surface area contributed by atoms with Crippen molar-refractivity contribution in [1.82, 2.24) is 14.5 Å². The summed E-state index contributed by atoms with van der Waals surface area (Å²) in [5, 5.41) is 1.04. The lowest BCUT2D eigenvalue weighted by Crippen LogP contribution is -2.13. The van der Waals surface area contributed by atoms with Crippen molar-refractivity contribution in [2.24, 2.45) is 11.7 Å². The van der Waals surface area contributed by atoms with Gasteiger partial charge in [0.15, 0.2) is 0 Å². The van der Waals surface area contributed by atoms with Gasteiger partial charge in [-0.15, -0.1) is 0 Å². The summed E-state index contributed by atoms with van der Waals surface area (Å²) in [6, 6.07) is 18.7. The number of carbonyl (C=O) groups is 1. The fourth-order valence-corrected chi connectivity index (χ4v) is 6.23. The highest BCUT2D eigenvalue weighted by molar-refractivity contribution is 5.99. The smallest absolute Gasteiger partial charge is 0.249 e. The number of allylic oxidation sites excluding steroid dienone is 1. The molecule has 1 fully saturated rings. The minimum absolute atomic E-state index is 0.295. The second-order valence-corrected chi connectivity index (χ2v) is 10.9. The van der Waals surface area contributed by atoms with Gasteiger partial charge in [-0.1, -0.05) is 55.9 Å². The number of halogens is 1. The van der Waals surface area contributed by atoms with Crippen molar-refractivity contribution in [3.63, 3.8) is 0 Å². The molecule has 1 aliphatic rings. The SMILES string of the molecule is CC(=Cc1cc(-n2c(C)cc3c(-c4nc5ccc(F)cc5[nH]4)cccc32)ccc1C(N)=O)CC1CCCCC1. The summed E-state index contributed by atoms with van der Waals surface area (Å²) in [6.45, 7) is 4.23. The Morgan fingerprint density at radius 1 is 1.10 bits per heavy atom. The first-order valence-electron chi connectivity index (χ1n) is 13.8. The second kappa shape index (κ2) is 10.2. The Bertz CT molecular complexity index is 1740. The van der Waals surface area contributed by atoms with Crippen molar-refractivity contribution >= 4 is 33.9 Å². The Morgan fingerprint density at radius 3 is 2.72 bits per heavy atom. The van der Waals surface area contributed by atoms with Gasteiger partial charge in [-0.25, -0.2) is 9.37 Å². The summed E-state index contributed by atoms with van der Waals surface area (Å²) >= 11 is 0. The van der Waals surface area contributed by atoms with Crippen molar-refractivity contribution in [1.29, 1.82) is 0 Å². The van der Waals surface area contributed by atoms with Gasteiger partial charge >= 0.3 is 0 Å². The van der Waals surface area contributed by atoms with Crippen molar-refractivity contribution < 1.29 is 9.18 Å². The van der Waals surface area contributed by atoms with E-state index in [4.69, 9.17) is 10.7 Å². The molecule has 5 aromatic rings. The number of H-pyrrole nitrogens is 1. The number of imidazole rings is 1. The zero-order chi connectivity index (χ0) is 27.1. The number of aromatic amines is 1. The molecule has 2 aromatic heterocycles. The molecule has 0 aliphatic heterocycles. The van der Waals surface area contributed by atoms with Crippen LogP contribution in [0.5, 0.6) is 0 Å². The number of primary amides is 1. The third-order valence-corrected chi connectivity index (χ3v) is 8.03. The average Bonchev–Trinajstić information content (AvgIpc) is 3.48. The number of nitrogens with two attached hydrogens (primary N) is 1. The van der Waals surface area contributed by atoms with E-state index >= 15 is 0 Å². The molecule has 3 N–H and O–H groups in total. The standard InChI is InChI=1S/C33H33FN4O/c1-20(15-22-7-4-3-5-8-22)16-23-18-25(12-13-26(23)32(35)39)38-21(2)17-28-27(9-6-10-31(28)38)33-36-29-14-11-24(34)19-30(29)37-33/h6,9-14,16-19,22H,3-5,7-8,15H2,1-2H3,(H2,35,39)(H,36,37). The molecule has 0 saturated heterocycles. The molecule has 5 nitrogen and oxygen atoms in total. The van der Waals surface area contributed by atoms with Gasteiger partial charge in [0, 0.05) is 27.9 Å². The van der Waals surface area contributed by atoms with Crippen molar-refractivity contribution in [2.45, 2.75) is 52.4 Å². The molecule has 0 spiro atoms. The van der Waals surface area contributed by atoms with Crippen LogP contribution >= 0.6 is 0 Å². The van der Waals surface area contributed by atoms with Crippen LogP contribution < -0.4 is 5.73 Å². The molecule has 0 unspecified atom stereocenters. The third-order valence-electron chi connectivity index (χ3n) is 8.03. The number of amides is 1. The van der Waals surface area contributed by atoms with E-state index in [-0.39, 0.29) is 5.82 Å². The van der Waals surface area contributed by atoms with Gasteiger partial charge in [-0.3, -0.25) is 4.79 Å². The first-order chi connectivity index (χ1) is 18.9. The zero-order valence-electron chi connectivity index (χ0n) is 22.4. The first-order valence-corrected chi connectivity index (χ1v) is 13.8. The summed E-state index contributed by atoms with van der Waals surface area (Å²) < 4.78 is 16.0. The Kier molecular flexibility index (Phi) is 6.55. The van der Waals surface area contributed by atoms with Gasteiger partial charge in [-0.05, 0) is 80.3 Å². The number of aryl methyl sites for hydroxylation is 1. The Balaban J connectivity index is 1.42. The molecule has 39 heavy (non-hydrogen) atoms. The minimum atomic E-state index is -0.420. The highest BCUT2D eigenvalue weighted by atomic mass is 19.1. The normalized spacial score (nSPS) is 14.9. The van der Waals surface area contributed by atoms with E-state index in [0.717, 1.165) is 51.3 Å². The average molecular weight is 521 g/mol. The second-order valence-electron chi connectivity index (χ2n) is 10.9. The lowest BCUT2D eigenvalue weighted by molar-refractivity contribution is 0.1000. The van der Waals surface area contributed by atoms with E-state index in [1.54, 1.807) is 6.07 Å². The summed E-state index contributed by atoms with van der Waals surface area (Å²) in [6.07, 6.45) is 9.72. The van der Waals surface area contributed by atoms with Crippen LogP contribution in [0.15, 0.2) is 66.2 Å². The summed E-state index contributed by atoms with van der Waals surface area (Å²) in [5.41, 5.74) is 13.8. The maximum absolute atomic E-state index is 13.8. The Hall–Kier alpha value is -4.19. The van der Waals surface area contributed by atoms with E-state index in [0.29, 0.717) is 16.9 Å². The number of rotatable bonds is 6. The van der Waals surface area contributed by atoms with Crippen LogP contribution in [0.3, 0.4) is 0 Å². The lowest BCUT2D eigenvalue weighted by atomic mass is 9.84. The van der Waals surface area contributed by atoms with Gasteiger partial charge in [0.25, 0.3) is 0 Å². The molecule has 3 aromatic carbocycles. The molecule has 0 bridgehead atoms. The predicted molar refractivity (Wildman–Crippen MR) is 156 cm³/mol. The van der Waals surface area contributed by atoms with Crippen LogP contribution in [0, 0.1) is 18.7 Å². The van der Waals surface area contributed by atoms with E-state index in [9.17, 15) is 9.18 Å². The van der Waals surface area contributed by atoms with E-state index in [2.05, 4.69) is 47.7 Å². The predicted octanol–water partition coefficient (Wildman–Crippen LogP) is 8.09. The maximum Gasteiger partial charge on any atom is 0.249 e. The van der Waals surface area contributed by atoms with Gasteiger partial charge in [0.2, 0.25) is 5.91 Å². The van der Waals surface area contributed by atoms with Crippen LogP contribution in [-0.2, 0) is 0 Å². The van der Waals surface area contributed by atoms with Crippen LogP contribution in [0.1, 0.15) is 67.1 Å².